The maximum atomic E-state index is 4.60. The Hall–Kier alpha value is -1.38. The molecule has 1 aliphatic carbocycles. The van der Waals surface area contributed by atoms with E-state index in [0.717, 1.165) is 16.9 Å². The molecule has 2 aromatic heterocycles. The van der Waals surface area contributed by atoms with Gasteiger partial charge >= 0.3 is 0 Å². The van der Waals surface area contributed by atoms with E-state index in [1.54, 1.807) is 6.20 Å². The van der Waals surface area contributed by atoms with E-state index < -0.39 is 0 Å². The van der Waals surface area contributed by atoms with Crippen molar-refractivity contribution in [3.63, 3.8) is 0 Å². The van der Waals surface area contributed by atoms with Crippen LogP contribution in [0.1, 0.15) is 37.4 Å². The molecule has 1 fully saturated rings. The smallest absolute Gasteiger partial charge is 0.110 e. The highest BCUT2D eigenvalue weighted by atomic mass is 14.9. The van der Waals surface area contributed by atoms with Gasteiger partial charge in [0.2, 0.25) is 0 Å². The second-order valence-corrected chi connectivity index (χ2v) is 4.00. The number of fused-ring (bicyclic) bond motifs is 1. The Labute approximate surface area is 82.6 Å². The molecule has 3 nitrogen and oxygen atoms in total. The first-order chi connectivity index (χ1) is 6.93. The standard InChI is InChI=1S/C11H13N3/c1-2-4-8(3-1)11-13-9-5-6-12-7-10(9)14-11/h5-8H,1-4H2,(H,13,14). The molecule has 72 valence electrons. The van der Waals surface area contributed by atoms with Crippen LogP contribution in [0.4, 0.5) is 0 Å². The normalized spacial score (nSPS) is 18.0. The van der Waals surface area contributed by atoms with Gasteiger partial charge in [0.1, 0.15) is 5.82 Å². The van der Waals surface area contributed by atoms with Gasteiger partial charge in [0.05, 0.1) is 17.2 Å². The average molecular weight is 187 g/mol. The van der Waals surface area contributed by atoms with Crippen LogP contribution >= 0.6 is 0 Å². The maximum Gasteiger partial charge on any atom is 0.110 e. The molecule has 0 radical (unpaired) electrons. The van der Waals surface area contributed by atoms with Crippen molar-refractivity contribution >= 4 is 11.0 Å². The second kappa shape index (κ2) is 3.08. The highest BCUT2D eigenvalue weighted by Gasteiger charge is 2.19. The lowest BCUT2D eigenvalue weighted by Gasteiger charge is -2.02. The Bertz CT molecular complexity index is 407. The molecule has 0 unspecified atom stereocenters. The molecule has 1 aliphatic rings. The molecule has 0 bridgehead atoms. The number of imidazole rings is 1. The van der Waals surface area contributed by atoms with Crippen molar-refractivity contribution in [2.75, 3.05) is 0 Å². The lowest BCUT2D eigenvalue weighted by Crippen LogP contribution is -1.93. The number of nitrogens with zero attached hydrogens (tertiary/aromatic N) is 2. The highest BCUT2D eigenvalue weighted by Crippen LogP contribution is 2.33. The first kappa shape index (κ1) is 7.97. The molecule has 0 atom stereocenters. The predicted molar refractivity (Wildman–Crippen MR) is 55.1 cm³/mol. The Morgan fingerprint density at radius 1 is 1.29 bits per heavy atom. The Morgan fingerprint density at radius 3 is 2.93 bits per heavy atom. The molecule has 0 aliphatic heterocycles. The molecule has 2 aromatic rings. The van der Waals surface area contributed by atoms with Gasteiger partial charge in [-0.3, -0.25) is 4.98 Å². The van der Waals surface area contributed by atoms with E-state index in [1.165, 1.54) is 25.7 Å². The number of rotatable bonds is 1. The summed E-state index contributed by atoms with van der Waals surface area (Å²) in [7, 11) is 0. The summed E-state index contributed by atoms with van der Waals surface area (Å²) in [6.07, 6.45) is 8.91. The molecule has 3 rings (SSSR count). The topological polar surface area (TPSA) is 41.6 Å². The van der Waals surface area contributed by atoms with Crippen molar-refractivity contribution in [3.8, 4) is 0 Å². The lowest BCUT2D eigenvalue weighted by atomic mass is 10.1. The van der Waals surface area contributed by atoms with Gasteiger partial charge in [-0.2, -0.15) is 0 Å². The SMILES string of the molecule is c1cc2nc(C3CCCC3)[nH]c2cn1. The fraction of sp³-hybridized carbons (Fsp3) is 0.455. The number of aromatic amines is 1. The number of hydrogen-bond donors (Lipinski definition) is 1. The first-order valence-corrected chi connectivity index (χ1v) is 5.23. The van der Waals surface area contributed by atoms with Crippen molar-refractivity contribution in [1.29, 1.82) is 0 Å². The maximum absolute atomic E-state index is 4.60. The van der Waals surface area contributed by atoms with Crippen molar-refractivity contribution in [2.45, 2.75) is 31.6 Å². The van der Waals surface area contributed by atoms with E-state index in [9.17, 15) is 0 Å². The summed E-state index contributed by atoms with van der Waals surface area (Å²) in [5.41, 5.74) is 2.11. The number of hydrogen-bond acceptors (Lipinski definition) is 2. The van der Waals surface area contributed by atoms with Crippen molar-refractivity contribution in [2.24, 2.45) is 0 Å². The molecular weight excluding hydrogens is 174 g/mol. The van der Waals surface area contributed by atoms with E-state index in [2.05, 4.69) is 15.0 Å². The van der Waals surface area contributed by atoms with Gasteiger partial charge in [0.15, 0.2) is 0 Å². The van der Waals surface area contributed by atoms with Crippen molar-refractivity contribution in [1.82, 2.24) is 15.0 Å². The van der Waals surface area contributed by atoms with Crippen LogP contribution in [0.5, 0.6) is 0 Å². The molecule has 1 N–H and O–H groups in total. The summed E-state index contributed by atoms with van der Waals surface area (Å²) in [6, 6.07) is 1.96. The zero-order chi connectivity index (χ0) is 9.38. The minimum atomic E-state index is 0.655. The molecule has 14 heavy (non-hydrogen) atoms. The summed E-state index contributed by atoms with van der Waals surface area (Å²) in [4.78, 5) is 12.0. The summed E-state index contributed by atoms with van der Waals surface area (Å²) in [6.45, 7) is 0. The minimum Gasteiger partial charge on any atom is -0.340 e. The van der Waals surface area contributed by atoms with E-state index in [4.69, 9.17) is 0 Å². The van der Waals surface area contributed by atoms with E-state index in [1.807, 2.05) is 12.3 Å². The van der Waals surface area contributed by atoms with Crippen molar-refractivity contribution < 1.29 is 0 Å². The third-order valence-corrected chi connectivity index (χ3v) is 3.04. The van der Waals surface area contributed by atoms with Crippen LogP contribution in [0, 0.1) is 0 Å². The third kappa shape index (κ3) is 1.20. The molecule has 0 saturated heterocycles. The molecule has 0 aromatic carbocycles. The van der Waals surface area contributed by atoms with Gasteiger partial charge in [-0.15, -0.1) is 0 Å². The van der Waals surface area contributed by atoms with Crippen LogP contribution in [0.3, 0.4) is 0 Å². The molecule has 0 spiro atoms. The van der Waals surface area contributed by atoms with E-state index in [0.29, 0.717) is 5.92 Å². The van der Waals surface area contributed by atoms with E-state index in [-0.39, 0.29) is 0 Å². The Balaban J connectivity index is 2.05. The van der Waals surface area contributed by atoms with Gasteiger partial charge in [-0.25, -0.2) is 4.98 Å². The summed E-state index contributed by atoms with van der Waals surface area (Å²) >= 11 is 0. The largest absolute Gasteiger partial charge is 0.340 e. The number of aromatic nitrogens is 3. The highest BCUT2D eigenvalue weighted by molar-refractivity contribution is 5.73. The fourth-order valence-corrected chi connectivity index (χ4v) is 2.27. The third-order valence-electron chi connectivity index (χ3n) is 3.04. The first-order valence-electron chi connectivity index (χ1n) is 5.23. The van der Waals surface area contributed by atoms with Crippen LogP contribution in [-0.2, 0) is 0 Å². The van der Waals surface area contributed by atoms with Crippen LogP contribution in [0.25, 0.3) is 11.0 Å². The fourth-order valence-electron chi connectivity index (χ4n) is 2.27. The molecule has 0 amide bonds. The van der Waals surface area contributed by atoms with Crippen molar-refractivity contribution in [3.05, 3.63) is 24.3 Å². The number of H-pyrrole nitrogens is 1. The molecule has 1 saturated carbocycles. The van der Waals surface area contributed by atoms with Gasteiger partial charge < -0.3 is 4.98 Å². The monoisotopic (exact) mass is 187 g/mol. The van der Waals surface area contributed by atoms with Gasteiger partial charge in [-0.05, 0) is 18.9 Å². The summed E-state index contributed by atoms with van der Waals surface area (Å²) < 4.78 is 0. The minimum absolute atomic E-state index is 0.655. The number of pyridine rings is 1. The van der Waals surface area contributed by atoms with Crippen LogP contribution in [0.15, 0.2) is 18.5 Å². The van der Waals surface area contributed by atoms with Gasteiger partial charge in [0, 0.05) is 12.1 Å². The van der Waals surface area contributed by atoms with Crippen LogP contribution in [0.2, 0.25) is 0 Å². The Morgan fingerprint density at radius 2 is 2.14 bits per heavy atom. The van der Waals surface area contributed by atoms with Crippen LogP contribution in [-0.4, -0.2) is 15.0 Å². The summed E-state index contributed by atoms with van der Waals surface area (Å²) in [5, 5.41) is 0. The molecule has 3 heteroatoms. The quantitative estimate of drug-likeness (QED) is 0.745. The van der Waals surface area contributed by atoms with Crippen LogP contribution < -0.4 is 0 Å². The van der Waals surface area contributed by atoms with Gasteiger partial charge in [-0.1, -0.05) is 12.8 Å². The molecule has 2 heterocycles. The lowest BCUT2D eigenvalue weighted by molar-refractivity contribution is 0.681. The second-order valence-electron chi connectivity index (χ2n) is 4.00. The number of nitrogens with one attached hydrogen (secondary N) is 1. The molecular formula is C11H13N3. The Kier molecular flexibility index (Phi) is 1.76. The van der Waals surface area contributed by atoms with Gasteiger partial charge in [0.25, 0.3) is 0 Å². The zero-order valence-corrected chi connectivity index (χ0v) is 8.03. The van der Waals surface area contributed by atoms with E-state index >= 15 is 0 Å². The average Bonchev–Trinajstić information content (AvgIpc) is 2.86. The summed E-state index contributed by atoms with van der Waals surface area (Å²) in [5.74, 6) is 1.81. The zero-order valence-electron chi connectivity index (χ0n) is 8.03. The predicted octanol–water partition coefficient (Wildman–Crippen LogP) is 2.62.